The van der Waals surface area contributed by atoms with E-state index in [1.807, 2.05) is 29.2 Å². The Labute approximate surface area is 195 Å². The summed E-state index contributed by atoms with van der Waals surface area (Å²) in [4.78, 5) is 36.2. The van der Waals surface area contributed by atoms with Crippen LogP contribution < -0.4 is 16.4 Å². The van der Waals surface area contributed by atoms with Crippen molar-refractivity contribution in [2.75, 3.05) is 37.2 Å². The summed E-state index contributed by atoms with van der Waals surface area (Å²) in [5, 5.41) is 13.8. The van der Waals surface area contributed by atoms with Crippen LogP contribution in [-0.2, 0) is 0 Å². The first-order valence-corrected chi connectivity index (χ1v) is 11.1. The largest absolute Gasteiger partial charge is 0.382 e. The number of H-pyrrole nitrogens is 1. The highest BCUT2D eigenvalue weighted by molar-refractivity contribution is 6.09. The number of carbonyl (C=O) groups is 2. The molecular weight excluding hydrogens is 432 g/mol. The molecule has 0 unspecified atom stereocenters. The number of rotatable bonds is 4. The Morgan fingerprint density at radius 2 is 1.85 bits per heavy atom. The van der Waals surface area contributed by atoms with Gasteiger partial charge in [-0.1, -0.05) is 24.3 Å². The minimum Gasteiger partial charge on any atom is -0.382 e. The van der Waals surface area contributed by atoms with Crippen LogP contribution in [0.4, 0.5) is 11.6 Å². The molecule has 5 rings (SSSR count). The van der Waals surface area contributed by atoms with Crippen molar-refractivity contribution in [1.82, 2.24) is 30.4 Å². The van der Waals surface area contributed by atoms with Crippen LogP contribution in [-0.4, -0.2) is 63.1 Å². The van der Waals surface area contributed by atoms with Gasteiger partial charge in [0, 0.05) is 36.1 Å². The molecule has 0 saturated carbocycles. The Kier molecular flexibility index (Phi) is 5.88. The minimum atomic E-state index is -0.509. The molecule has 172 valence electrons. The van der Waals surface area contributed by atoms with Gasteiger partial charge in [-0.25, -0.2) is 9.97 Å². The fourth-order valence-corrected chi connectivity index (χ4v) is 3.95. The number of nitrogens with one attached hydrogen (secondary N) is 3. The van der Waals surface area contributed by atoms with Gasteiger partial charge in [0.05, 0.1) is 17.4 Å². The Bertz CT molecular complexity index is 1340. The van der Waals surface area contributed by atoms with Gasteiger partial charge in [-0.05, 0) is 37.2 Å². The molecule has 5 N–H and O–H groups in total. The molecule has 10 heteroatoms. The summed E-state index contributed by atoms with van der Waals surface area (Å²) in [6.07, 6.45) is 2.44. The van der Waals surface area contributed by atoms with Crippen molar-refractivity contribution in [1.29, 1.82) is 0 Å². The number of nitrogen functional groups attached to an aromatic ring is 1. The lowest BCUT2D eigenvalue weighted by Crippen LogP contribution is -2.34. The molecule has 0 radical (unpaired) electrons. The minimum absolute atomic E-state index is 0.00167. The number of fused-ring (bicyclic) bond motifs is 1. The summed E-state index contributed by atoms with van der Waals surface area (Å²) in [7, 11) is 0. The van der Waals surface area contributed by atoms with Gasteiger partial charge >= 0.3 is 0 Å². The SMILES string of the molecule is Nc1ncc(-c2ccc(C(=O)N3CCCNCC3)cc2)nc1C(=O)Nc1n[nH]c2ccccc12. The van der Waals surface area contributed by atoms with E-state index in [0.29, 0.717) is 23.6 Å². The molecule has 0 bridgehead atoms. The number of nitrogens with zero attached hydrogens (tertiary/aromatic N) is 4. The molecule has 0 aliphatic carbocycles. The summed E-state index contributed by atoms with van der Waals surface area (Å²) in [6.45, 7) is 3.14. The lowest BCUT2D eigenvalue weighted by atomic mass is 10.1. The van der Waals surface area contributed by atoms with Crippen molar-refractivity contribution >= 4 is 34.4 Å². The Hall–Kier alpha value is -4.31. The molecule has 0 atom stereocenters. The second-order valence-corrected chi connectivity index (χ2v) is 8.03. The third kappa shape index (κ3) is 4.30. The monoisotopic (exact) mass is 456 g/mol. The summed E-state index contributed by atoms with van der Waals surface area (Å²) >= 11 is 0. The van der Waals surface area contributed by atoms with Crippen LogP contribution in [0.1, 0.15) is 27.3 Å². The zero-order valence-corrected chi connectivity index (χ0v) is 18.4. The van der Waals surface area contributed by atoms with E-state index in [2.05, 4.69) is 30.8 Å². The molecule has 4 aromatic rings. The molecule has 34 heavy (non-hydrogen) atoms. The van der Waals surface area contributed by atoms with E-state index < -0.39 is 5.91 Å². The predicted octanol–water partition coefficient (Wildman–Crippen LogP) is 2.29. The Morgan fingerprint density at radius 3 is 2.71 bits per heavy atom. The van der Waals surface area contributed by atoms with Gasteiger partial charge in [-0.3, -0.25) is 14.7 Å². The van der Waals surface area contributed by atoms with Crippen molar-refractivity contribution in [2.24, 2.45) is 0 Å². The number of carbonyl (C=O) groups excluding carboxylic acids is 2. The van der Waals surface area contributed by atoms with Gasteiger partial charge < -0.3 is 21.3 Å². The van der Waals surface area contributed by atoms with Gasteiger partial charge in [0.25, 0.3) is 11.8 Å². The maximum atomic E-state index is 12.9. The Balaban J connectivity index is 1.35. The van der Waals surface area contributed by atoms with E-state index in [-0.39, 0.29) is 17.4 Å². The smallest absolute Gasteiger partial charge is 0.279 e. The van der Waals surface area contributed by atoms with Crippen LogP contribution in [0.15, 0.2) is 54.7 Å². The fourth-order valence-electron chi connectivity index (χ4n) is 3.95. The molecular formula is C24H24N8O2. The van der Waals surface area contributed by atoms with Gasteiger partial charge in [0.1, 0.15) is 0 Å². The van der Waals surface area contributed by atoms with Gasteiger partial charge in [0.15, 0.2) is 17.3 Å². The number of aromatic nitrogens is 4. The summed E-state index contributed by atoms with van der Waals surface area (Å²) < 4.78 is 0. The first kappa shape index (κ1) is 21.5. The molecule has 1 fully saturated rings. The highest BCUT2D eigenvalue weighted by Gasteiger charge is 2.19. The van der Waals surface area contributed by atoms with Gasteiger partial charge in [-0.15, -0.1) is 0 Å². The van der Waals surface area contributed by atoms with Crippen LogP contribution in [0.5, 0.6) is 0 Å². The zero-order chi connectivity index (χ0) is 23.5. The second kappa shape index (κ2) is 9.28. The van der Waals surface area contributed by atoms with Crippen LogP contribution >= 0.6 is 0 Å². The normalized spacial score (nSPS) is 14.1. The molecule has 1 aliphatic rings. The van der Waals surface area contributed by atoms with Crippen molar-refractivity contribution in [3.05, 3.63) is 66.0 Å². The molecule has 0 spiro atoms. The van der Waals surface area contributed by atoms with E-state index in [1.54, 1.807) is 24.3 Å². The van der Waals surface area contributed by atoms with Crippen LogP contribution in [0, 0.1) is 0 Å². The topological polar surface area (TPSA) is 142 Å². The maximum Gasteiger partial charge on any atom is 0.279 e. The zero-order valence-electron chi connectivity index (χ0n) is 18.4. The van der Waals surface area contributed by atoms with E-state index >= 15 is 0 Å². The van der Waals surface area contributed by atoms with E-state index in [1.165, 1.54) is 6.20 Å². The number of aromatic amines is 1. The molecule has 1 aliphatic heterocycles. The summed E-state index contributed by atoms with van der Waals surface area (Å²) in [5.74, 6) is -0.1000. The van der Waals surface area contributed by atoms with Gasteiger partial charge in [-0.2, -0.15) is 5.10 Å². The number of hydrogen-bond donors (Lipinski definition) is 4. The van der Waals surface area contributed by atoms with Crippen molar-refractivity contribution in [3.63, 3.8) is 0 Å². The molecule has 3 heterocycles. The second-order valence-electron chi connectivity index (χ2n) is 8.03. The maximum absolute atomic E-state index is 12.9. The van der Waals surface area contributed by atoms with Gasteiger partial charge in [0.2, 0.25) is 0 Å². The Morgan fingerprint density at radius 1 is 1.03 bits per heavy atom. The number of benzene rings is 2. The average molecular weight is 457 g/mol. The van der Waals surface area contributed by atoms with E-state index in [9.17, 15) is 9.59 Å². The lowest BCUT2D eigenvalue weighted by Gasteiger charge is -2.20. The molecule has 2 amide bonds. The predicted molar refractivity (Wildman–Crippen MR) is 129 cm³/mol. The van der Waals surface area contributed by atoms with Crippen molar-refractivity contribution in [2.45, 2.75) is 6.42 Å². The standard InChI is InChI=1S/C24H24N8O2/c25-21-20(23(33)29-22-17-4-1-2-5-18(17)30-31-22)28-19(14-27-21)15-6-8-16(9-7-15)24(34)32-12-3-10-26-11-13-32/h1-2,4-9,14,26H,3,10-13H2,(H2,25,27)(H2,29,30,31,33). The first-order chi connectivity index (χ1) is 16.6. The van der Waals surface area contributed by atoms with Crippen molar-refractivity contribution < 1.29 is 9.59 Å². The number of nitrogens with two attached hydrogens (primary N) is 1. The highest BCUT2D eigenvalue weighted by atomic mass is 16.2. The van der Waals surface area contributed by atoms with Crippen LogP contribution in [0.25, 0.3) is 22.2 Å². The number of hydrogen-bond acceptors (Lipinski definition) is 7. The highest BCUT2D eigenvalue weighted by Crippen LogP contribution is 2.23. The molecule has 2 aromatic carbocycles. The van der Waals surface area contributed by atoms with Crippen LogP contribution in [0.2, 0.25) is 0 Å². The summed E-state index contributed by atoms with van der Waals surface area (Å²) in [6, 6.07) is 14.6. The van der Waals surface area contributed by atoms with E-state index in [0.717, 1.165) is 42.5 Å². The third-order valence-corrected chi connectivity index (χ3v) is 5.77. The van der Waals surface area contributed by atoms with E-state index in [4.69, 9.17) is 5.73 Å². The average Bonchev–Trinajstić information content (AvgIpc) is 3.08. The number of amides is 2. The van der Waals surface area contributed by atoms with Crippen molar-refractivity contribution in [3.8, 4) is 11.3 Å². The van der Waals surface area contributed by atoms with Crippen LogP contribution in [0.3, 0.4) is 0 Å². The lowest BCUT2D eigenvalue weighted by molar-refractivity contribution is 0.0766. The molecule has 10 nitrogen and oxygen atoms in total. The summed E-state index contributed by atoms with van der Waals surface area (Å²) in [5.41, 5.74) is 8.56. The quantitative estimate of drug-likeness (QED) is 0.369. The first-order valence-electron chi connectivity index (χ1n) is 11.1. The fraction of sp³-hybridized carbons (Fsp3) is 0.208. The molecule has 2 aromatic heterocycles. The number of para-hydroxylation sites is 1. The number of anilines is 2. The molecule has 1 saturated heterocycles. The third-order valence-electron chi connectivity index (χ3n) is 5.77.